The third-order valence-corrected chi connectivity index (χ3v) is 3.24. The number of pyridine rings is 1. The van der Waals surface area contributed by atoms with Gasteiger partial charge in [0.05, 0.1) is 5.69 Å². The van der Waals surface area contributed by atoms with E-state index in [1.165, 1.54) is 12.8 Å². The van der Waals surface area contributed by atoms with Crippen molar-refractivity contribution in [3.63, 3.8) is 0 Å². The van der Waals surface area contributed by atoms with E-state index in [2.05, 4.69) is 17.2 Å². The normalized spacial score (nSPS) is 16.8. The third-order valence-electron chi connectivity index (χ3n) is 3.03. The molecule has 86 valence electrons. The Hall–Kier alpha value is -1.16. The van der Waals surface area contributed by atoms with Gasteiger partial charge in [0.1, 0.15) is 10.8 Å². The molecule has 2 rings (SSSR count). The second-order valence-electron chi connectivity index (χ2n) is 4.47. The summed E-state index contributed by atoms with van der Waals surface area (Å²) in [5, 5.41) is 3.33. The zero-order chi connectivity index (χ0) is 11.5. The monoisotopic (exact) mass is 235 g/mol. The molecule has 0 saturated heterocycles. The summed E-state index contributed by atoms with van der Waals surface area (Å²) in [5.74, 6) is 2.49. The molecule has 0 aromatic carbocycles. The molecule has 1 unspecified atom stereocenters. The Kier molecular flexibility index (Phi) is 3.39. The van der Waals surface area contributed by atoms with Gasteiger partial charge in [0.2, 0.25) is 0 Å². The van der Waals surface area contributed by atoms with Gasteiger partial charge in [0, 0.05) is 6.54 Å². The molecule has 1 aliphatic carbocycles. The molecule has 16 heavy (non-hydrogen) atoms. The lowest BCUT2D eigenvalue weighted by molar-refractivity contribution is 0.536. The van der Waals surface area contributed by atoms with Crippen molar-refractivity contribution in [1.29, 1.82) is 0 Å². The number of nitrogens with two attached hydrogens (primary N) is 1. The molecule has 0 bridgehead atoms. The zero-order valence-corrected chi connectivity index (χ0v) is 10.3. The first-order valence-corrected chi connectivity index (χ1v) is 6.08. The van der Waals surface area contributed by atoms with Gasteiger partial charge < -0.3 is 11.1 Å². The minimum Gasteiger partial charge on any atom is -0.388 e. The highest BCUT2D eigenvalue weighted by Gasteiger charge is 2.27. The molecule has 4 heteroatoms. The molecular weight excluding hydrogens is 218 g/mol. The summed E-state index contributed by atoms with van der Waals surface area (Å²) >= 11 is 4.90. The Morgan fingerprint density at radius 1 is 1.62 bits per heavy atom. The van der Waals surface area contributed by atoms with E-state index in [1.807, 2.05) is 18.2 Å². The molecule has 1 aromatic heterocycles. The van der Waals surface area contributed by atoms with Gasteiger partial charge in [-0.15, -0.1) is 0 Å². The van der Waals surface area contributed by atoms with Gasteiger partial charge >= 0.3 is 0 Å². The van der Waals surface area contributed by atoms with Crippen LogP contribution < -0.4 is 11.1 Å². The van der Waals surface area contributed by atoms with Crippen molar-refractivity contribution in [3.8, 4) is 0 Å². The fourth-order valence-corrected chi connectivity index (χ4v) is 1.88. The van der Waals surface area contributed by atoms with Crippen molar-refractivity contribution < 1.29 is 0 Å². The van der Waals surface area contributed by atoms with Crippen molar-refractivity contribution in [2.75, 3.05) is 11.9 Å². The SMILES string of the molecule is CC(CNc1cccc(C(N)=S)n1)C1CC1. The lowest BCUT2D eigenvalue weighted by atomic mass is 10.1. The highest BCUT2D eigenvalue weighted by molar-refractivity contribution is 7.80. The fourth-order valence-electron chi connectivity index (χ4n) is 1.77. The fraction of sp³-hybridized carbons (Fsp3) is 0.500. The predicted molar refractivity (Wildman–Crippen MR) is 70.5 cm³/mol. The zero-order valence-electron chi connectivity index (χ0n) is 9.44. The first kappa shape index (κ1) is 11.3. The number of aromatic nitrogens is 1. The maximum atomic E-state index is 5.54. The Bertz CT molecular complexity index is 388. The summed E-state index contributed by atoms with van der Waals surface area (Å²) in [6, 6.07) is 5.70. The van der Waals surface area contributed by atoms with Crippen LogP contribution in [-0.2, 0) is 0 Å². The minimum atomic E-state index is 0.346. The maximum Gasteiger partial charge on any atom is 0.126 e. The van der Waals surface area contributed by atoms with Gasteiger partial charge in [0.25, 0.3) is 0 Å². The van der Waals surface area contributed by atoms with E-state index >= 15 is 0 Å². The molecule has 0 radical (unpaired) electrons. The van der Waals surface area contributed by atoms with Crippen molar-refractivity contribution >= 4 is 23.0 Å². The van der Waals surface area contributed by atoms with E-state index < -0.39 is 0 Å². The van der Waals surface area contributed by atoms with E-state index in [-0.39, 0.29) is 0 Å². The van der Waals surface area contributed by atoms with Crippen LogP contribution in [0.3, 0.4) is 0 Å². The van der Waals surface area contributed by atoms with Crippen molar-refractivity contribution in [2.45, 2.75) is 19.8 Å². The van der Waals surface area contributed by atoms with Crippen LogP contribution in [0.5, 0.6) is 0 Å². The van der Waals surface area contributed by atoms with Crippen LogP contribution in [0.25, 0.3) is 0 Å². The number of thiocarbonyl (C=S) groups is 1. The number of anilines is 1. The van der Waals surface area contributed by atoms with E-state index in [4.69, 9.17) is 18.0 Å². The minimum absolute atomic E-state index is 0.346. The van der Waals surface area contributed by atoms with Gasteiger partial charge in [-0.3, -0.25) is 0 Å². The average molecular weight is 235 g/mol. The highest BCUT2D eigenvalue weighted by Crippen LogP contribution is 2.36. The Labute approximate surface area is 101 Å². The first-order valence-electron chi connectivity index (χ1n) is 5.67. The molecule has 3 N–H and O–H groups in total. The topological polar surface area (TPSA) is 50.9 Å². The summed E-state index contributed by atoms with van der Waals surface area (Å²) < 4.78 is 0. The van der Waals surface area contributed by atoms with E-state index in [0.717, 1.165) is 24.2 Å². The van der Waals surface area contributed by atoms with Gasteiger partial charge in [-0.2, -0.15) is 0 Å². The lowest BCUT2D eigenvalue weighted by Crippen LogP contribution is -2.16. The highest BCUT2D eigenvalue weighted by atomic mass is 32.1. The average Bonchev–Trinajstić information content (AvgIpc) is 3.10. The van der Waals surface area contributed by atoms with Crippen molar-refractivity contribution in [2.24, 2.45) is 17.6 Å². The van der Waals surface area contributed by atoms with Crippen molar-refractivity contribution in [1.82, 2.24) is 4.98 Å². The predicted octanol–water partition coefficient (Wildman–Crippen LogP) is 2.17. The van der Waals surface area contributed by atoms with Crippen LogP contribution in [0.2, 0.25) is 0 Å². The molecule has 1 fully saturated rings. The van der Waals surface area contributed by atoms with Crippen LogP contribution in [0.4, 0.5) is 5.82 Å². The molecule has 0 spiro atoms. The second kappa shape index (κ2) is 4.78. The molecule has 3 nitrogen and oxygen atoms in total. The Balaban J connectivity index is 1.92. The molecule has 1 heterocycles. The molecule has 1 saturated carbocycles. The smallest absolute Gasteiger partial charge is 0.126 e. The Morgan fingerprint density at radius 3 is 3.00 bits per heavy atom. The van der Waals surface area contributed by atoms with Gasteiger partial charge in [0.15, 0.2) is 0 Å². The standard InChI is InChI=1S/C12H17N3S/c1-8(9-5-6-9)7-14-11-4-2-3-10(15-11)12(13)16/h2-4,8-9H,5-7H2,1H3,(H2,13,16)(H,14,15). The molecule has 0 amide bonds. The number of hydrogen-bond donors (Lipinski definition) is 2. The largest absolute Gasteiger partial charge is 0.388 e. The lowest BCUT2D eigenvalue weighted by Gasteiger charge is -2.12. The van der Waals surface area contributed by atoms with Gasteiger partial charge in [-0.25, -0.2) is 4.98 Å². The first-order chi connectivity index (χ1) is 7.66. The number of nitrogens with one attached hydrogen (secondary N) is 1. The summed E-state index contributed by atoms with van der Waals surface area (Å²) in [4.78, 5) is 4.69. The molecule has 1 aliphatic rings. The van der Waals surface area contributed by atoms with Crippen LogP contribution in [-0.4, -0.2) is 16.5 Å². The molecule has 1 aromatic rings. The summed E-state index contributed by atoms with van der Waals surface area (Å²) in [6.07, 6.45) is 2.76. The van der Waals surface area contributed by atoms with E-state index in [0.29, 0.717) is 10.7 Å². The van der Waals surface area contributed by atoms with E-state index in [1.54, 1.807) is 0 Å². The van der Waals surface area contributed by atoms with Gasteiger partial charge in [-0.1, -0.05) is 25.2 Å². The maximum absolute atomic E-state index is 5.54. The van der Waals surface area contributed by atoms with Crippen molar-refractivity contribution in [3.05, 3.63) is 23.9 Å². The van der Waals surface area contributed by atoms with E-state index in [9.17, 15) is 0 Å². The number of rotatable bonds is 5. The molecule has 1 atom stereocenters. The van der Waals surface area contributed by atoms with Gasteiger partial charge in [-0.05, 0) is 36.8 Å². The number of nitrogens with zero attached hydrogens (tertiary/aromatic N) is 1. The third kappa shape index (κ3) is 2.92. The molecular formula is C12H17N3S. The summed E-state index contributed by atoms with van der Waals surface area (Å²) in [7, 11) is 0. The quantitative estimate of drug-likeness (QED) is 0.768. The van der Waals surface area contributed by atoms with Crippen LogP contribution in [0.15, 0.2) is 18.2 Å². The molecule has 0 aliphatic heterocycles. The number of hydrogen-bond acceptors (Lipinski definition) is 3. The van der Waals surface area contributed by atoms with Crippen LogP contribution in [0, 0.1) is 11.8 Å². The summed E-state index contributed by atoms with van der Waals surface area (Å²) in [6.45, 7) is 3.25. The van der Waals surface area contributed by atoms with Crippen LogP contribution >= 0.6 is 12.2 Å². The summed E-state index contributed by atoms with van der Waals surface area (Å²) in [5.41, 5.74) is 6.22. The van der Waals surface area contributed by atoms with Crippen LogP contribution in [0.1, 0.15) is 25.5 Å². The second-order valence-corrected chi connectivity index (χ2v) is 4.91. The Morgan fingerprint density at radius 2 is 2.38 bits per heavy atom.